The Morgan fingerprint density at radius 2 is 2.19 bits per heavy atom. The molecule has 0 aromatic carbocycles. The second-order valence-corrected chi connectivity index (χ2v) is 7.40. The minimum atomic E-state index is -3.46. The molecule has 2 N–H and O–H groups in total. The second-order valence-electron chi connectivity index (χ2n) is 5.68. The van der Waals surface area contributed by atoms with Crippen LogP contribution in [0.5, 0.6) is 0 Å². The molecule has 0 radical (unpaired) electrons. The van der Waals surface area contributed by atoms with Crippen molar-refractivity contribution in [1.82, 2.24) is 19.8 Å². The molecule has 0 amide bonds. The van der Waals surface area contributed by atoms with E-state index in [1.165, 1.54) is 19.0 Å². The van der Waals surface area contributed by atoms with E-state index in [-0.39, 0.29) is 10.9 Å². The van der Waals surface area contributed by atoms with E-state index in [0.29, 0.717) is 12.6 Å². The van der Waals surface area contributed by atoms with Gasteiger partial charge in [0.2, 0.25) is 10.0 Å². The maximum atomic E-state index is 12.3. The summed E-state index contributed by atoms with van der Waals surface area (Å²) < 4.78 is 29.0. The highest BCUT2D eigenvalue weighted by atomic mass is 32.2. The lowest BCUT2D eigenvalue weighted by Gasteiger charge is -2.15. The van der Waals surface area contributed by atoms with E-state index in [4.69, 9.17) is 0 Å². The number of rotatable bonds is 10. The van der Waals surface area contributed by atoms with Gasteiger partial charge < -0.3 is 5.32 Å². The van der Waals surface area contributed by atoms with Crippen molar-refractivity contribution in [2.24, 2.45) is 0 Å². The zero-order valence-electron chi connectivity index (χ0n) is 12.9. The summed E-state index contributed by atoms with van der Waals surface area (Å²) in [6.07, 6.45) is 8.15. The fraction of sp³-hybridized carbons (Fsp3) is 0.786. The third-order valence-electron chi connectivity index (χ3n) is 3.72. The predicted molar refractivity (Wildman–Crippen MR) is 82.6 cm³/mol. The molecule has 1 aliphatic carbocycles. The Balaban J connectivity index is 1.90. The van der Waals surface area contributed by atoms with Crippen LogP contribution < -0.4 is 10.0 Å². The van der Waals surface area contributed by atoms with Crippen molar-refractivity contribution in [3.05, 3.63) is 12.4 Å². The number of nitrogens with zero attached hydrogens (tertiary/aromatic N) is 2. The first-order chi connectivity index (χ1) is 10.0. The van der Waals surface area contributed by atoms with Crippen LogP contribution in [0.2, 0.25) is 0 Å². The molecule has 120 valence electrons. The van der Waals surface area contributed by atoms with Gasteiger partial charge in [-0.1, -0.05) is 20.3 Å². The maximum Gasteiger partial charge on any atom is 0.243 e. The minimum Gasteiger partial charge on any atom is -0.312 e. The van der Waals surface area contributed by atoms with Gasteiger partial charge in [-0.15, -0.1) is 0 Å². The standard InChI is InChI=1S/C14H26N4O2S/c1-3-5-12(4-2)17-21(19,20)14-10-16-18(11-14)9-8-15-13-6-7-13/h10-13,15,17H,3-9H2,1-2H3. The molecule has 21 heavy (non-hydrogen) atoms. The molecule has 2 rings (SSSR count). The van der Waals surface area contributed by atoms with Crippen LogP contribution in [0.1, 0.15) is 46.0 Å². The van der Waals surface area contributed by atoms with Gasteiger partial charge in [-0.3, -0.25) is 4.68 Å². The van der Waals surface area contributed by atoms with Crippen LogP contribution in [-0.4, -0.2) is 36.8 Å². The van der Waals surface area contributed by atoms with Crippen LogP contribution in [0.4, 0.5) is 0 Å². The van der Waals surface area contributed by atoms with Gasteiger partial charge >= 0.3 is 0 Å². The Hall–Kier alpha value is -0.920. The molecule has 6 nitrogen and oxygen atoms in total. The smallest absolute Gasteiger partial charge is 0.243 e. The average molecular weight is 314 g/mol. The van der Waals surface area contributed by atoms with Gasteiger partial charge in [0, 0.05) is 24.8 Å². The lowest BCUT2D eigenvalue weighted by Crippen LogP contribution is -2.34. The molecule has 1 aliphatic rings. The highest BCUT2D eigenvalue weighted by Crippen LogP contribution is 2.18. The van der Waals surface area contributed by atoms with E-state index in [0.717, 1.165) is 25.8 Å². The Bertz CT molecular complexity index is 537. The molecule has 1 aromatic rings. The maximum absolute atomic E-state index is 12.3. The Kier molecular flexibility index (Phi) is 5.78. The molecule has 1 heterocycles. The third-order valence-corrected chi connectivity index (χ3v) is 5.20. The molecule has 0 bridgehead atoms. The SMILES string of the molecule is CCCC(CC)NS(=O)(=O)c1cnn(CCNC2CC2)c1. The number of sulfonamides is 1. The van der Waals surface area contributed by atoms with E-state index in [9.17, 15) is 8.42 Å². The molecule has 0 saturated heterocycles. The molecule has 1 aromatic heterocycles. The predicted octanol–water partition coefficient (Wildman–Crippen LogP) is 1.49. The van der Waals surface area contributed by atoms with Crippen molar-refractivity contribution < 1.29 is 8.42 Å². The summed E-state index contributed by atoms with van der Waals surface area (Å²) in [4.78, 5) is 0.253. The summed E-state index contributed by atoms with van der Waals surface area (Å²) in [7, 11) is -3.46. The van der Waals surface area contributed by atoms with Gasteiger partial charge in [0.1, 0.15) is 4.90 Å². The average Bonchev–Trinajstić information content (AvgIpc) is 3.13. The molecule has 0 aliphatic heterocycles. The van der Waals surface area contributed by atoms with Crippen LogP contribution >= 0.6 is 0 Å². The van der Waals surface area contributed by atoms with Crippen molar-refractivity contribution in [2.45, 2.75) is 69.5 Å². The number of aromatic nitrogens is 2. The lowest BCUT2D eigenvalue weighted by molar-refractivity contribution is 0.512. The molecular weight excluding hydrogens is 288 g/mol. The Labute approximate surface area is 127 Å². The fourth-order valence-electron chi connectivity index (χ4n) is 2.26. The fourth-order valence-corrected chi connectivity index (χ4v) is 3.56. The normalized spacial score (nSPS) is 17.0. The highest BCUT2D eigenvalue weighted by Gasteiger charge is 2.21. The third kappa shape index (κ3) is 5.09. The van der Waals surface area contributed by atoms with Crippen LogP contribution in [0.15, 0.2) is 17.3 Å². The highest BCUT2D eigenvalue weighted by molar-refractivity contribution is 7.89. The first-order valence-corrected chi connectivity index (χ1v) is 9.31. The summed E-state index contributed by atoms with van der Waals surface area (Å²) in [6, 6.07) is 0.657. The largest absolute Gasteiger partial charge is 0.312 e. The molecule has 1 fully saturated rings. The van der Waals surface area contributed by atoms with E-state index >= 15 is 0 Å². The Morgan fingerprint density at radius 3 is 2.81 bits per heavy atom. The minimum absolute atomic E-state index is 0.000108. The first-order valence-electron chi connectivity index (χ1n) is 7.83. The van der Waals surface area contributed by atoms with Crippen LogP contribution in [0.3, 0.4) is 0 Å². The summed E-state index contributed by atoms with van der Waals surface area (Å²) in [6.45, 7) is 5.57. The summed E-state index contributed by atoms with van der Waals surface area (Å²) in [5.74, 6) is 0. The molecule has 7 heteroatoms. The van der Waals surface area contributed by atoms with E-state index in [2.05, 4.69) is 22.1 Å². The first kappa shape index (κ1) is 16.5. The zero-order chi connectivity index (χ0) is 15.3. The van der Waals surface area contributed by atoms with E-state index < -0.39 is 10.0 Å². The van der Waals surface area contributed by atoms with Crippen LogP contribution in [0, 0.1) is 0 Å². The molecule has 0 spiro atoms. The summed E-state index contributed by atoms with van der Waals surface area (Å²) in [5.41, 5.74) is 0. The van der Waals surface area contributed by atoms with Gasteiger partial charge in [-0.05, 0) is 25.7 Å². The van der Waals surface area contributed by atoms with Crippen molar-refractivity contribution in [2.75, 3.05) is 6.54 Å². The number of hydrogen-bond donors (Lipinski definition) is 2. The molecule has 1 atom stereocenters. The van der Waals surface area contributed by atoms with Gasteiger partial charge in [0.25, 0.3) is 0 Å². The molecular formula is C14H26N4O2S. The number of nitrogens with one attached hydrogen (secondary N) is 2. The summed E-state index contributed by atoms with van der Waals surface area (Å²) >= 11 is 0. The topological polar surface area (TPSA) is 76.0 Å². The lowest BCUT2D eigenvalue weighted by atomic mass is 10.1. The van der Waals surface area contributed by atoms with Crippen LogP contribution in [0.25, 0.3) is 0 Å². The Morgan fingerprint density at radius 1 is 1.43 bits per heavy atom. The second kappa shape index (κ2) is 7.38. The van der Waals surface area contributed by atoms with E-state index in [1.807, 2.05) is 6.92 Å². The van der Waals surface area contributed by atoms with Crippen molar-refractivity contribution in [1.29, 1.82) is 0 Å². The van der Waals surface area contributed by atoms with Crippen molar-refractivity contribution >= 4 is 10.0 Å². The summed E-state index contributed by atoms with van der Waals surface area (Å²) in [5, 5.41) is 7.52. The van der Waals surface area contributed by atoms with E-state index in [1.54, 1.807) is 10.9 Å². The van der Waals surface area contributed by atoms with Crippen molar-refractivity contribution in [3.8, 4) is 0 Å². The van der Waals surface area contributed by atoms with Gasteiger partial charge in [-0.2, -0.15) is 5.10 Å². The van der Waals surface area contributed by atoms with Gasteiger partial charge in [0.05, 0.1) is 12.7 Å². The van der Waals surface area contributed by atoms with Crippen molar-refractivity contribution in [3.63, 3.8) is 0 Å². The molecule has 1 unspecified atom stereocenters. The monoisotopic (exact) mass is 314 g/mol. The molecule has 1 saturated carbocycles. The number of hydrogen-bond acceptors (Lipinski definition) is 4. The van der Waals surface area contributed by atoms with Gasteiger partial charge in [0.15, 0.2) is 0 Å². The zero-order valence-corrected chi connectivity index (χ0v) is 13.7. The van der Waals surface area contributed by atoms with Gasteiger partial charge in [-0.25, -0.2) is 13.1 Å². The quantitative estimate of drug-likeness (QED) is 0.686. The van der Waals surface area contributed by atoms with Crippen LogP contribution in [-0.2, 0) is 16.6 Å².